The van der Waals surface area contributed by atoms with Crippen molar-refractivity contribution in [3.63, 3.8) is 0 Å². The van der Waals surface area contributed by atoms with Crippen LogP contribution in [-0.2, 0) is 5.41 Å². The van der Waals surface area contributed by atoms with Crippen LogP contribution in [0.1, 0.15) is 25.0 Å². The Balaban J connectivity index is 1.24. The van der Waals surface area contributed by atoms with Crippen LogP contribution >= 0.6 is 0 Å². The minimum Gasteiger partial charge on any atom is -0.436 e. The topological polar surface area (TPSA) is 43.9 Å². The molecule has 2 aromatic heterocycles. The third-order valence-electron chi connectivity index (χ3n) is 11.2. The molecule has 0 atom stereocenters. The predicted molar refractivity (Wildman–Crippen MR) is 218 cm³/mol. The fourth-order valence-corrected chi connectivity index (χ4v) is 8.76. The molecule has 4 heteroatoms. The molecule has 1 aliphatic rings. The van der Waals surface area contributed by atoms with Crippen molar-refractivity contribution in [1.82, 2.24) is 14.5 Å². The van der Waals surface area contributed by atoms with Gasteiger partial charge in [-0.15, -0.1) is 0 Å². The van der Waals surface area contributed by atoms with Gasteiger partial charge in [-0.1, -0.05) is 123 Å². The highest BCUT2D eigenvalue weighted by Gasteiger charge is 2.36. The zero-order chi connectivity index (χ0) is 35.3. The SMILES string of the molecule is CC1(C)c2ccccc2-c2cc3c(-c4nc5ccccc5o4)c4ccccc4c(-c4cccc(-c5nc6ccccc6n5-c5ccccc5)c4)c3cc21. The number of hydrogen-bond acceptors (Lipinski definition) is 3. The molecule has 11 rings (SSSR count). The molecule has 0 radical (unpaired) electrons. The van der Waals surface area contributed by atoms with Crippen molar-refractivity contribution in [2.75, 3.05) is 0 Å². The first-order valence-corrected chi connectivity index (χ1v) is 18.2. The summed E-state index contributed by atoms with van der Waals surface area (Å²) in [6, 6.07) is 58.2. The van der Waals surface area contributed by atoms with E-state index in [1.165, 1.54) is 33.2 Å². The minimum atomic E-state index is -0.163. The van der Waals surface area contributed by atoms with E-state index in [2.05, 4.69) is 158 Å². The van der Waals surface area contributed by atoms with Gasteiger partial charge in [0, 0.05) is 16.7 Å². The van der Waals surface area contributed by atoms with E-state index < -0.39 is 0 Å². The van der Waals surface area contributed by atoms with Crippen LogP contribution in [0.15, 0.2) is 168 Å². The number of para-hydroxylation sites is 5. The van der Waals surface area contributed by atoms with Crippen LogP contribution in [-0.4, -0.2) is 14.5 Å². The van der Waals surface area contributed by atoms with Crippen molar-refractivity contribution >= 4 is 43.7 Å². The summed E-state index contributed by atoms with van der Waals surface area (Å²) in [7, 11) is 0. The Bertz CT molecular complexity index is 3060. The number of aromatic nitrogens is 3. The number of oxazole rings is 1. The zero-order valence-electron chi connectivity index (χ0n) is 29.3. The van der Waals surface area contributed by atoms with E-state index in [9.17, 15) is 0 Å². The van der Waals surface area contributed by atoms with Gasteiger partial charge in [0.15, 0.2) is 5.58 Å². The molecule has 0 spiro atoms. The maximum atomic E-state index is 6.58. The number of fused-ring (bicyclic) bond motifs is 7. The Morgan fingerprint density at radius 1 is 0.491 bits per heavy atom. The van der Waals surface area contributed by atoms with Gasteiger partial charge >= 0.3 is 0 Å². The first-order valence-electron chi connectivity index (χ1n) is 18.2. The van der Waals surface area contributed by atoms with Gasteiger partial charge in [0.1, 0.15) is 11.3 Å². The molecule has 0 aliphatic heterocycles. The first kappa shape index (κ1) is 29.9. The van der Waals surface area contributed by atoms with Crippen molar-refractivity contribution in [3.8, 4) is 50.8 Å². The summed E-state index contributed by atoms with van der Waals surface area (Å²) < 4.78 is 8.86. The summed E-state index contributed by atoms with van der Waals surface area (Å²) in [6.07, 6.45) is 0. The van der Waals surface area contributed by atoms with Crippen LogP contribution < -0.4 is 0 Å². The van der Waals surface area contributed by atoms with Crippen LogP contribution in [0.3, 0.4) is 0 Å². The van der Waals surface area contributed by atoms with Crippen molar-refractivity contribution < 1.29 is 4.42 Å². The Labute approximate surface area is 306 Å². The molecule has 0 unspecified atom stereocenters. The molecule has 8 aromatic carbocycles. The molecular formula is C49H33N3O. The molecule has 1 aliphatic carbocycles. The molecular weight excluding hydrogens is 647 g/mol. The lowest BCUT2D eigenvalue weighted by atomic mass is 9.80. The number of benzene rings is 8. The molecule has 250 valence electrons. The molecule has 53 heavy (non-hydrogen) atoms. The van der Waals surface area contributed by atoms with E-state index >= 15 is 0 Å². The maximum absolute atomic E-state index is 6.58. The largest absolute Gasteiger partial charge is 0.436 e. The Kier molecular flexibility index (Phi) is 6.27. The van der Waals surface area contributed by atoms with Crippen LogP contribution in [0.2, 0.25) is 0 Å². The van der Waals surface area contributed by atoms with Crippen molar-refractivity contribution in [2.24, 2.45) is 0 Å². The quantitative estimate of drug-likeness (QED) is 0.174. The predicted octanol–water partition coefficient (Wildman–Crippen LogP) is 12.8. The average Bonchev–Trinajstić information content (AvgIpc) is 3.87. The fraction of sp³-hybridized carbons (Fsp3) is 0.0612. The molecule has 0 bridgehead atoms. The number of nitrogens with zero attached hydrogens (tertiary/aromatic N) is 3. The monoisotopic (exact) mass is 679 g/mol. The molecule has 0 amide bonds. The summed E-state index contributed by atoms with van der Waals surface area (Å²) in [4.78, 5) is 10.3. The molecule has 0 saturated carbocycles. The number of imidazole rings is 1. The lowest BCUT2D eigenvalue weighted by molar-refractivity contribution is 0.621. The molecule has 0 N–H and O–H groups in total. The third kappa shape index (κ3) is 4.36. The van der Waals surface area contributed by atoms with Gasteiger partial charge in [-0.25, -0.2) is 9.97 Å². The lowest BCUT2D eigenvalue weighted by Gasteiger charge is -2.23. The lowest BCUT2D eigenvalue weighted by Crippen LogP contribution is -2.14. The van der Waals surface area contributed by atoms with Gasteiger partial charge in [0.2, 0.25) is 5.89 Å². The summed E-state index contributed by atoms with van der Waals surface area (Å²) >= 11 is 0. The molecule has 0 fully saturated rings. The Hall–Kier alpha value is -6.78. The summed E-state index contributed by atoms with van der Waals surface area (Å²) in [5, 5.41) is 4.56. The van der Waals surface area contributed by atoms with Gasteiger partial charge in [0.25, 0.3) is 0 Å². The second-order valence-corrected chi connectivity index (χ2v) is 14.6. The highest BCUT2D eigenvalue weighted by Crippen LogP contribution is 2.53. The van der Waals surface area contributed by atoms with Gasteiger partial charge in [-0.3, -0.25) is 4.57 Å². The van der Waals surface area contributed by atoms with Gasteiger partial charge < -0.3 is 4.42 Å². The molecule has 4 nitrogen and oxygen atoms in total. The van der Waals surface area contributed by atoms with Crippen molar-refractivity contribution in [2.45, 2.75) is 19.3 Å². The summed E-state index contributed by atoms with van der Waals surface area (Å²) in [5.74, 6) is 1.54. The summed E-state index contributed by atoms with van der Waals surface area (Å²) in [5.41, 5.74) is 14.2. The van der Waals surface area contributed by atoms with Crippen molar-refractivity contribution in [1.29, 1.82) is 0 Å². The second-order valence-electron chi connectivity index (χ2n) is 14.6. The number of hydrogen-bond donors (Lipinski definition) is 0. The van der Waals surface area contributed by atoms with E-state index in [-0.39, 0.29) is 5.41 Å². The smallest absolute Gasteiger partial charge is 0.228 e. The van der Waals surface area contributed by atoms with Crippen molar-refractivity contribution in [3.05, 3.63) is 175 Å². The highest BCUT2D eigenvalue weighted by molar-refractivity contribution is 6.22. The Morgan fingerprint density at radius 2 is 1.17 bits per heavy atom. The summed E-state index contributed by atoms with van der Waals surface area (Å²) in [6.45, 7) is 4.70. The van der Waals surface area contributed by atoms with E-state index in [1.807, 2.05) is 24.3 Å². The van der Waals surface area contributed by atoms with E-state index in [1.54, 1.807) is 0 Å². The van der Waals surface area contributed by atoms with Crippen LogP contribution in [0.25, 0.3) is 94.5 Å². The van der Waals surface area contributed by atoms with E-state index in [0.717, 1.165) is 66.5 Å². The minimum absolute atomic E-state index is 0.163. The average molecular weight is 680 g/mol. The second kappa shape index (κ2) is 11.1. The Morgan fingerprint density at radius 3 is 2.02 bits per heavy atom. The van der Waals surface area contributed by atoms with Gasteiger partial charge in [-0.2, -0.15) is 0 Å². The van der Waals surface area contributed by atoms with Crippen LogP contribution in [0.5, 0.6) is 0 Å². The zero-order valence-corrected chi connectivity index (χ0v) is 29.3. The molecule has 2 heterocycles. The van der Waals surface area contributed by atoms with Crippen LogP contribution in [0, 0.1) is 0 Å². The standard InChI is InChI=1S/C49H33N3O/c1-49(2)39-22-9-8-19-33(39)36-28-37-38(29-40(36)49)45(34-20-6-7-21-35(34)46(37)48-51-42-24-11-13-26-44(42)53-48)30-15-14-16-31(27-30)47-50-41-23-10-12-25-43(41)52(47)32-17-4-3-5-18-32/h3-29H,1-2H3. The third-order valence-corrected chi connectivity index (χ3v) is 11.2. The number of rotatable bonds is 4. The van der Waals surface area contributed by atoms with E-state index in [0.29, 0.717) is 5.89 Å². The van der Waals surface area contributed by atoms with Crippen LogP contribution in [0.4, 0.5) is 0 Å². The van der Waals surface area contributed by atoms with E-state index in [4.69, 9.17) is 14.4 Å². The highest BCUT2D eigenvalue weighted by atomic mass is 16.3. The van der Waals surface area contributed by atoms with Gasteiger partial charge in [0.05, 0.1) is 16.6 Å². The van der Waals surface area contributed by atoms with Gasteiger partial charge in [-0.05, 0) is 110 Å². The normalized spacial score (nSPS) is 13.2. The first-order chi connectivity index (χ1) is 26.0. The fourth-order valence-electron chi connectivity index (χ4n) is 8.76. The maximum Gasteiger partial charge on any atom is 0.228 e. The molecule has 10 aromatic rings. The molecule has 0 saturated heterocycles.